The van der Waals surface area contributed by atoms with Crippen LogP contribution < -0.4 is 16.6 Å². The average molecular weight is 468 g/mol. The lowest BCUT2D eigenvalue weighted by atomic mass is 10.2. The van der Waals surface area contributed by atoms with Crippen LogP contribution in [0.2, 0.25) is 10.0 Å². The largest absolute Gasteiger partial charge is 0.332 e. The molecule has 6 nitrogen and oxygen atoms in total. The van der Waals surface area contributed by atoms with E-state index in [2.05, 4.69) is 5.32 Å². The quantitative estimate of drug-likeness (QED) is 0.470. The molecule has 0 atom stereocenters. The molecule has 0 radical (unpaired) electrons. The molecule has 0 saturated heterocycles. The van der Waals surface area contributed by atoms with E-state index in [9.17, 15) is 14.4 Å². The number of hydrogen-bond acceptors (Lipinski definition) is 3. The van der Waals surface area contributed by atoms with Gasteiger partial charge in [-0.1, -0.05) is 59.6 Å². The monoisotopic (exact) mass is 467 g/mol. The standard InChI is InChI=1S/C24H19Cl2N3O3/c1-15-5-4-7-19(26)22(15)27-21(30)14-28-20-8-3-2-6-18(20)23(31)29(24(28)32)13-16-9-11-17(25)12-10-16/h2-12H,13-14H2,1H3,(H,27,30). The zero-order valence-electron chi connectivity index (χ0n) is 17.1. The minimum atomic E-state index is -0.574. The maximum absolute atomic E-state index is 13.3. The molecular weight excluding hydrogens is 449 g/mol. The Balaban J connectivity index is 1.76. The topological polar surface area (TPSA) is 73.1 Å². The van der Waals surface area contributed by atoms with Gasteiger partial charge in [-0.2, -0.15) is 0 Å². The van der Waals surface area contributed by atoms with E-state index >= 15 is 0 Å². The molecule has 4 rings (SSSR count). The number of halogens is 2. The molecule has 8 heteroatoms. The van der Waals surface area contributed by atoms with Gasteiger partial charge in [-0.3, -0.25) is 18.7 Å². The van der Waals surface area contributed by atoms with Gasteiger partial charge in [0.25, 0.3) is 5.56 Å². The first-order chi connectivity index (χ1) is 15.3. The third-order valence-electron chi connectivity index (χ3n) is 5.17. The van der Waals surface area contributed by atoms with Crippen molar-refractivity contribution in [2.45, 2.75) is 20.0 Å². The van der Waals surface area contributed by atoms with Gasteiger partial charge in [0.05, 0.1) is 28.2 Å². The Bertz CT molecular complexity index is 1420. The van der Waals surface area contributed by atoms with Gasteiger partial charge >= 0.3 is 5.69 Å². The summed E-state index contributed by atoms with van der Waals surface area (Å²) in [6.45, 7) is 1.62. The van der Waals surface area contributed by atoms with E-state index in [-0.39, 0.29) is 13.1 Å². The molecule has 0 saturated carbocycles. The summed E-state index contributed by atoms with van der Waals surface area (Å²) in [5.41, 5.74) is 1.43. The van der Waals surface area contributed by atoms with Gasteiger partial charge in [0, 0.05) is 5.02 Å². The number of amides is 1. The first kappa shape index (κ1) is 21.9. The number of fused-ring (bicyclic) bond motifs is 1. The summed E-state index contributed by atoms with van der Waals surface area (Å²) >= 11 is 12.2. The maximum Gasteiger partial charge on any atom is 0.332 e. The summed E-state index contributed by atoms with van der Waals surface area (Å²) in [6.07, 6.45) is 0. The van der Waals surface area contributed by atoms with Crippen LogP contribution in [0.5, 0.6) is 0 Å². The number of benzene rings is 3. The minimum Gasteiger partial charge on any atom is -0.323 e. The fourth-order valence-electron chi connectivity index (χ4n) is 3.55. The van der Waals surface area contributed by atoms with Crippen molar-refractivity contribution in [3.05, 3.63) is 109 Å². The molecule has 0 spiro atoms. The van der Waals surface area contributed by atoms with Crippen molar-refractivity contribution in [3.63, 3.8) is 0 Å². The Morgan fingerprint density at radius 3 is 2.34 bits per heavy atom. The highest BCUT2D eigenvalue weighted by Crippen LogP contribution is 2.25. The van der Waals surface area contributed by atoms with Crippen LogP contribution in [0.15, 0.2) is 76.3 Å². The molecule has 0 unspecified atom stereocenters. The Hall–Kier alpha value is -3.35. The second-order valence-electron chi connectivity index (χ2n) is 7.38. The Morgan fingerprint density at radius 1 is 0.906 bits per heavy atom. The summed E-state index contributed by atoms with van der Waals surface area (Å²) < 4.78 is 2.42. The Kier molecular flexibility index (Phi) is 6.17. The molecule has 0 aliphatic heterocycles. The number of anilines is 1. The van der Waals surface area contributed by atoms with Crippen molar-refractivity contribution < 1.29 is 4.79 Å². The highest BCUT2D eigenvalue weighted by Gasteiger charge is 2.16. The number of rotatable bonds is 5. The Morgan fingerprint density at radius 2 is 1.62 bits per heavy atom. The van der Waals surface area contributed by atoms with Crippen molar-refractivity contribution in [3.8, 4) is 0 Å². The lowest BCUT2D eigenvalue weighted by molar-refractivity contribution is -0.116. The highest BCUT2D eigenvalue weighted by molar-refractivity contribution is 6.34. The van der Waals surface area contributed by atoms with Gasteiger partial charge in [-0.25, -0.2) is 4.79 Å². The van der Waals surface area contributed by atoms with Gasteiger partial charge in [0.15, 0.2) is 0 Å². The predicted octanol–water partition coefficient (Wildman–Crippen LogP) is 4.47. The normalized spacial score (nSPS) is 11.0. The number of carbonyl (C=O) groups excluding carboxylic acids is 1. The Labute approximate surface area is 193 Å². The van der Waals surface area contributed by atoms with Crippen molar-refractivity contribution >= 4 is 45.7 Å². The first-order valence-corrected chi connectivity index (χ1v) is 10.6. The summed E-state index contributed by atoms with van der Waals surface area (Å²) in [5.74, 6) is -0.426. The van der Waals surface area contributed by atoms with Gasteiger partial charge in [0.2, 0.25) is 5.91 Å². The molecule has 0 fully saturated rings. The van der Waals surface area contributed by atoms with E-state index in [1.807, 2.05) is 13.0 Å². The van der Waals surface area contributed by atoms with Crippen LogP contribution in [-0.4, -0.2) is 15.0 Å². The van der Waals surface area contributed by atoms with Crippen LogP contribution in [0.25, 0.3) is 10.9 Å². The number of para-hydroxylation sites is 2. The van der Waals surface area contributed by atoms with Gasteiger partial charge < -0.3 is 5.32 Å². The lowest BCUT2D eigenvalue weighted by Crippen LogP contribution is -2.42. The molecule has 0 aliphatic carbocycles. The molecule has 0 aliphatic rings. The number of nitrogens with one attached hydrogen (secondary N) is 1. The summed E-state index contributed by atoms with van der Waals surface area (Å²) in [4.78, 5) is 39.2. The van der Waals surface area contributed by atoms with E-state index in [0.717, 1.165) is 15.7 Å². The number of hydrogen-bond donors (Lipinski definition) is 1. The van der Waals surface area contributed by atoms with Crippen LogP contribution >= 0.6 is 23.2 Å². The molecule has 32 heavy (non-hydrogen) atoms. The van der Waals surface area contributed by atoms with Crippen molar-refractivity contribution in [2.24, 2.45) is 0 Å². The number of nitrogens with zero attached hydrogens (tertiary/aromatic N) is 2. The van der Waals surface area contributed by atoms with Crippen LogP contribution in [0, 0.1) is 6.92 Å². The van der Waals surface area contributed by atoms with Crippen LogP contribution in [0.1, 0.15) is 11.1 Å². The van der Waals surface area contributed by atoms with Gasteiger partial charge in [-0.15, -0.1) is 0 Å². The maximum atomic E-state index is 13.3. The lowest BCUT2D eigenvalue weighted by Gasteiger charge is -2.15. The van der Waals surface area contributed by atoms with Gasteiger partial charge in [0.1, 0.15) is 6.54 Å². The van der Waals surface area contributed by atoms with E-state index in [4.69, 9.17) is 23.2 Å². The van der Waals surface area contributed by atoms with Crippen LogP contribution in [0.3, 0.4) is 0 Å². The van der Waals surface area contributed by atoms with E-state index < -0.39 is 17.2 Å². The number of aromatic nitrogens is 2. The van der Waals surface area contributed by atoms with Crippen molar-refractivity contribution in [2.75, 3.05) is 5.32 Å². The zero-order chi connectivity index (χ0) is 22.8. The predicted molar refractivity (Wildman–Crippen MR) is 128 cm³/mol. The highest BCUT2D eigenvalue weighted by atomic mass is 35.5. The molecule has 1 aromatic heterocycles. The molecular formula is C24H19Cl2N3O3. The van der Waals surface area contributed by atoms with Crippen molar-refractivity contribution in [1.29, 1.82) is 0 Å². The van der Waals surface area contributed by atoms with Crippen LogP contribution in [-0.2, 0) is 17.9 Å². The minimum absolute atomic E-state index is 0.0604. The van der Waals surface area contributed by atoms with Gasteiger partial charge in [-0.05, 0) is 48.4 Å². The fraction of sp³-hybridized carbons (Fsp3) is 0.125. The third-order valence-corrected chi connectivity index (χ3v) is 5.74. The zero-order valence-corrected chi connectivity index (χ0v) is 18.7. The number of aryl methyl sites for hydroxylation is 1. The third kappa shape index (κ3) is 4.33. The fourth-order valence-corrected chi connectivity index (χ4v) is 3.94. The van der Waals surface area contributed by atoms with E-state index in [1.165, 1.54) is 4.57 Å². The molecule has 4 aromatic rings. The van der Waals surface area contributed by atoms with Crippen molar-refractivity contribution in [1.82, 2.24) is 9.13 Å². The SMILES string of the molecule is Cc1cccc(Cl)c1NC(=O)Cn1c(=O)n(Cc2ccc(Cl)cc2)c(=O)c2ccccc21. The summed E-state index contributed by atoms with van der Waals surface area (Å²) in [5, 5.41) is 4.09. The second-order valence-corrected chi connectivity index (χ2v) is 8.23. The molecule has 162 valence electrons. The molecule has 3 aromatic carbocycles. The summed E-state index contributed by atoms with van der Waals surface area (Å²) in [6, 6.07) is 18.9. The molecule has 1 amide bonds. The smallest absolute Gasteiger partial charge is 0.323 e. The van der Waals surface area contributed by atoms with Crippen LogP contribution in [0.4, 0.5) is 5.69 Å². The van der Waals surface area contributed by atoms with E-state index in [1.54, 1.807) is 60.7 Å². The summed E-state index contributed by atoms with van der Waals surface area (Å²) in [7, 11) is 0. The molecule has 1 N–H and O–H groups in total. The molecule has 1 heterocycles. The number of carbonyl (C=O) groups is 1. The van der Waals surface area contributed by atoms with E-state index in [0.29, 0.717) is 26.6 Å². The molecule has 0 bridgehead atoms. The average Bonchev–Trinajstić information content (AvgIpc) is 2.78. The second kappa shape index (κ2) is 9.02. The first-order valence-electron chi connectivity index (χ1n) is 9.87.